The molecule has 15 heavy (non-hydrogen) atoms. The van der Waals surface area contributed by atoms with Gasteiger partial charge in [-0.1, -0.05) is 20.8 Å². The molecular weight excluding hydrogens is 216 g/mol. The Morgan fingerprint density at radius 2 is 1.87 bits per heavy atom. The number of sulfonamides is 1. The molecule has 3 N–H and O–H groups in total. The van der Waals surface area contributed by atoms with Gasteiger partial charge < -0.3 is 10.5 Å². The maximum Gasteiger partial charge on any atom is 0.212 e. The first-order valence-electron chi connectivity index (χ1n) is 5.02. The zero-order chi connectivity index (χ0) is 11.9. The summed E-state index contributed by atoms with van der Waals surface area (Å²) in [5, 5.41) is 0. The molecule has 0 heterocycles. The van der Waals surface area contributed by atoms with Crippen molar-refractivity contribution in [1.82, 2.24) is 4.72 Å². The molecule has 5 nitrogen and oxygen atoms in total. The molecule has 0 fully saturated rings. The molecule has 0 rings (SSSR count). The predicted molar refractivity (Wildman–Crippen MR) is 61.1 cm³/mol. The van der Waals surface area contributed by atoms with E-state index in [4.69, 9.17) is 10.5 Å². The number of nitrogens with two attached hydrogens (primary N) is 1. The van der Waals surface area contributed by atoms with E-state index >= 15 is 0 Å². The van der Waals surface area contributed by atoms with Crippen molar-refractivity contribution in [3.05, 3.63) is 0 Å². The highest BCUT2D eigenvalue weighted by molar-refractivity contribution is 7.89. The Kier molecular flexibility index (Phi) is 6.35. The number of hydrogen-bond acceptors (Lipinski definition) is 4. The second kappa shape index (κ2) is 6.42. The first-order valence-corrected chi connectivity index (χ1v) is 6.67. The number of ether oxygens (including phenoxy) is 1. The van der Waals surface area contributed by atoms with Crippen LogP contribution in [0.4, 0.5) is 0 Å². The molecule has 0 atom stereocenters. The first-order chi connectivity index (χ1) is 6.77. The molecule has 0 aromatic carbocycles. The van der Waals surface area contributed by atoms with Crippen molar-refractivity contribution in [2.24, 2.45) is 11.1 Å². The van der Waals surface area contributed by atoms with Crippen LogP contribution in [0.3, 0.4) is 0 Å². The first kappa shape index (κ1) is 14.8. The Morgan fingerprint density at radius 3 is 2.33 bits per heavy atom. The largest absolute Gasteiger partial charge is 0.379 e. The van der Waals surface area contributed by atoms with Crippen molar-refractivity contribution in [2.75, 3.05) is 32.1 Å². The molecule has 0 aliphatic rings. The van der Waals surface area contributed by atoms with Gasteiger partial charge in [0.25, 0.3) is 0 Å². The standard InChI is InChI=1S/C9H22N2O3S/c1-9(2,3)8-15(12,13)11-5-7-14-6-4-10/h11H,4-8,10H2,1-3H3. The lowest BCUT2D eigenvalue weighted by Crippen LogP contribution is -2.34. The molecule has 0 saturated heterocycles. The van der Waals surface area contributed by atoms with Crippen LogP contribution in [0.5, 0.6) is 0 Å². The van der Waals surface area contributed by atoms with Gasteiger partial charge in [0.1, 0.15) is 0 Å². The Bertz CT molecular complexity index is 257. The lowest BCUT2D eigenvalue weighted by molar-refractivity contribution is 0.147. The highest BCUT2D eigenvalue weighted by Crippen LogP contribution is 2.14. The average molecular weight is 238 g/mol. The highest BCUT2D eigenvalue weighted by atomic mass is 32.2. The van der Waals surface area contributed by atoms with Gasteiger partial charge in [0.15, 0.2) is 0 Å². The van der Waals surface area contributed by atoms with Gasteiger partial charge in [0.05, 0.1) is 19.0 Å². The minimum Gasteiger partial charge on any atom is -0.379 e. The van der Waals surface area contributed by atoms with Crippen LogP contribution in [0.1, 0.15) is 20.8 Å². The quantitative estimate of drug-likeness (QED) is 0.608. The summed E-state index contributed by atoms with van der Waals surface area (Å²) in [4.78, 5) is 0. The van der Waals surface area contributed by atoms with E-state index in [1.807, 2.05) is 20.8 Å². The third-order valence-electron chi connectivity index (χ3n) is 1.45. The van der Waals surface area contributed by atoms with Gasteiger partial charge in [0, 0.05) is 13.1 Å². The van der Waals surface area contributed by atoms with Crippen LogP contribution in [0.25, 0.3) is 0 Å². The van der Waals surface area contributed by atoms with Crippen molar-refractivity contribution >= 4 is 10.0 Å². The summed E-state index contributed by atoms with van der Waals surface area (Å²) in [6, 6.07) is 0. The van der Waals surface area contributed by atoms with E-state index < -0.39 is 10.0 Å². The topological polar surface area (TPSA) is 81.4 Å². The van der Waals surface area contributed by atoms with Crippen LogP contribution in [0.15, 0.2) is 0 Å². The van der Waals surface area contributed by atoms with E-state index in [0.717, 1.165) is 0 Å². The van der Waals surface area contributed by atoms with Crippen LogP contribution in [0, 0.1) is 5.41 Å². The van der Waals surface area contributed by atoms with E-state index in [2.05, 4.69) is 4.72 Å². The number of hydrogen-bond donors (Lipinski definition) is 2. The molecule has 92 valence electrons. The van der Waals surface area contributed by atoms with E-state index in [1.165, 1.54) is 0 Å². The van der Waals surface area contributed by atoms with Crippen LogP contribution in [-0.2, 0) is 14.8 Å². The summed E-state index contributed by atoms with van der Waals surface area (Å²) in [6.45, 7) is 7.24. The van der Waals surface area contributed by atoms with Crippen LogP contribution < -0.4 is 10.5 Å². The van der Waals surface area contributed by atoms with E-state index in [-0.39, 0.29) is 11.2 Å². The summed E-state index contributed by atoms with van der Waals surface area (Å²) >= 11 is 0. The molecule has 0 aliphatic heterocycles. The van der Waals surface area contributed by atoms with Gasteiger partial charge in [-0.05, 0) is 5.41 Å². The number of rotatable bonds is 7. The summed E-state index contributed by atoms with van der Waals surface area (Å²) in [7, 11) is -3.19. The van der Waals surface area contributed by atoms with E-state index in [0.29, 0.717) is 26.3 Å². The Hall–Kier alpha value is -0.170. The van der Waals surface area contributed by atoms with Crippen molar-refractivity contribution in [3.8, 4) is 0 Å². The third-order valence-corrected chi connectivity index (χ3v) is 3.34. The Balaban J connectivity index is 3.76. The van der Waals surface area contributed by atoms with Gasteiger partial charge in [-0.3, -0.25) is 0 Å². The molecule has 0 unspecified atom stereocenters. The summed E-state index contributed by atoms with van der Waals surface area (Å²) in [6.07, 6.45) is 0. The monoisotopic (exact) mass is 238 g/mol. The average Bonchev–Trinajstić information content (AvgIpc) is 1.99. The van der Waals surface area contributed by atoms with Crippen molar-refractivity contribution in [1.29, 1.82) is 0 Å². The normalized spacial score (nSPS) is 13.1. The molecular formula is C9H22N2O3S. The minimum absolute atomic E-state index is 0.122. The summed E-state index contributed by atoms with van der Waals surface area (Å²) in [5.74, 6) is 0.122. The highest BCUT2D eigenvalue weighted by Gasteiger charge is 2.20. The second-order valence-electron chi connectivity index (χ2n) is 4.62. The molecule has 0 aliphatic carbocycles. The van der Waals surface area contributed by atoms with E-state index in [1.54, 1.807) is 0 Å². The fraction of sp³-hybridized carbons (Fsp3) is 1.00. The zero-order valence-electron chi connectivity index (χ0n) is 9.75. The van der Waals surface area contributed by atoms with Gasteiger partial charge in [-0.25, -0.2) is 13.1 Å². The molecule has 0 aromatic rings. The van der Waals surface area contributed by atoms with Gasteiger partial charge in [-0.15, -0.1) is 0 Å². The summed E-state index contributed by atoms with van der Waals surface area (Å²) in [5.41, 5.74) is 4.98. The van der Waals surface area contributed by atoms with Crippen LogP contribution in [0.2, 0.25) is 0 Å². The fourth-order valence-electron chi connectivity index (χ4n) is 1.08. The molecule has 0 amide bonds. The maximum atomic E-state index is 11.5. The minimum atomic E-state index is -3.19. The molecule has 0 saturated carbocycles. The van der Waals surface area contributed by atoms with Gasteiger partial charge >= 0.3 is 0 Å². The van der Waals surface area contributed by atoms with Gasteiger partial charge in [-0.2, -0.15) is 0 Å². The van der Waals surface area contributed by atoms with Crippen LogP contribution >= 0.6 is 0 Å². The lowest BCUT2D eigenvalue weighted by Gasteiger charge is -2.18. The smallest absolute Gasteiger partial charge is 0.212 e. The predicted octanol–water partition coefficient (Wildman–Crippen LogP) is -0.0728. The van der Waals surface area contributed by atoms with Crippen molar-refractivity contribution in [2.45, 2.75) is 20.8 Å². The number of nitrogens with one attached hydrogen (secondary N) is 1. The SMILES string of the molecule is CC(C)(C)CS(=O)(=O)NCCOCCN. The third kappa shape index (κ3) is 10.1. The fourth-order valence-corrected chi connectivity index (χ4v) is 2.71. The van der Waals surface area contributed by atoms with Crippen LogP contribution in [-0.4, -0.2) is 40.5 Å². The zero-order valence-corrected chi connectivity index (χ0v) is 10.6. The molecule has 0 spiro atoms. The maximum absolute atomic E-state index is 11.5. The molecule has 0 aromatic heterocycles. The molecule has 0 bridgehead atoms. The Morgan fingerprint density at radius 1 is 1.27 bits per heavy atom. The molecule has 6 heteroatoms. The van der Waals surface area contributed by atoms with Crippen molar-refractivity contribution in [3.63, 3.8) is 0 Å². The molecule has 0 radical (unpaired) electrons. The van der Waals surface area contributed by atoms with Gasteiger partial charge in [0.2, 0.25) is 10.0 Å². The second-order valence-corrected chi connectivity index (χ2v) is 6.42. The Labute approximate surface area is 92.4 Å². The lowest BCUT2D eigenvalue weighted by atomic mass is 10.0. The summed E-state index contributed by atoms with van der Waals surface area (Å²) < 4.78 is 30.5. The van der Waals surface area contributed by atoms with E-state index in [9.17, 15) is 8.42 Å². The van der Waals surface area contributed by atoms with Crippen molar-refractivity contribution < 1.29 is 13.2 Å².